The van der Waals surface area contributed by atoms with Crippen molar-refractivity contribution >= 4 is 11.6 Å². The van der Waals surface area contributed by atoms with E-state index in [2.05, 4.69) is 26.0 Å². The van der Waals surface area contributed by atoms with E-state index < -0.39 is 0 Å². The van der Waals surface area contributed by atoms with Crippen molar-refractivity contribution in [3.05, 3.63) is 47.5 Å². The zero-order valence-corrected chi connectivity index (χ0v) is 9.51. The van der Waals surface area contributed by atoms with Crippen LogP contribution in [0.5, 0.6) is 0 Å². The van der Waals surface area contributed by atoms with Crippen LogP contribution < -0.4 is 0 Å². The Morgan fingerprint density at radius 3 is 2.36 bits per heavy atom. The van der Waals surface area contributed by atoms with Crippen molar-refractivity contribution in [2.75, 3.05) is 0 Å². The minimum Gasteiger partial charge on any atom is -0.0843 e. The van der Waals surface area contributed by atoms with E-state index in [1.807, 2.05) is 12.1 Å². The van der Waals surface area contributed by atoms with Crippen molar-refractivity contribution in [3.63, 3.8) is 0 Å². The molecule has 0 saturated carbocycles. The third-order valence-corrected chi connectivity index (χ3v) is 2.52. The molecule has 0 saturated heterocycles. The molecule has 1 aromatic rings. The van der Waals surface area contributed by atoms with E-state index in [0.29, 0.717) is 0 Å². The lowest BCUT2D eigenvalue weighted by atomic mass is 9.83. The Hall–Kier alpha value is -0.750. The van der Waals surface area contributed by atoms with Gasteiger partial charge in [-0.3, -0.25) is 0 Å². The molecule has 0 atom stereocenters. The third kappa shape index (κ3) is 3.55. The lowest BCUT2D eigenvalue weighted by Crippen LogP contribution is -2.13. The molecule has 0 nitrogen and oxygen atoms in total. The van der Waals surface area contributed by atoms with Crippen molar-refractivity contribution in [1.29, 1.82) is 0 Å². The van der Waals surface area contributed by atoms with E-state index in [-0.39, 0.29) is 5.41 Å². The maximum Gasteiger partial charge on any atom is 0.0406 e. The summed E-state index contributed by atoms with van der Waals surface area (Å²) in [6.45, 7) is 9.87. The molecule has 1 radical (unpaired) electrons. The fourth-order valence-corrected chi connectivity index (χ4v) is 1.67. The van der Waals surface area contributed by atoms with Crippen LogP contribution in [0.3, 0.4) is 0 Å². The van der Waals surface area contributed by atoms with Gasteiger partial charge in [-0.25, -0.2) is 0 Å². The smallest absolute Gasteiger partial charge is 0.0406 e. The molecule has 0 aliphatic heterocycles. The molecule has 0 aliphatic carbocycles. The Morgan fingerprint density at radius 1 is 1.29 bits per heavy atom. The van der Waals surface area contributed by atoms with Gasteiger partial charge >= 0.3 is 0 Å². The molecule has 0 unspecified atom stereocenters. The predicted molar refractivity (Wildman–Crippen MR) is 62.4 cm³/mol. The highest BCUT2D eigenvalue weighted by molar-refractivity contribution is 6.30. The summed E-state index contributed by atoms with van der Waals surface area (Å²) in [5, 5.41) is 0.789. The van der Waals surface area contributed by atoms with Crippen molar-refractivity contribution in [2.24, 2.45) is 5.41 Å². The fourth-order valence-electron chi connectivity index (χ4n) is 1.55. The largest absolute Gasteiger partial charge is 0.0843 e. The van der Waals surface area contributed by atoms with Gasteiger partial charge in [0.15, 0.2) is 0 Å². The van der Waals surface area contributed by atoms with E-state index >= 15 is 0 Å². The van der Waals surface area contributed by atoms with Gasteiger partial charge in [0.1, 0.15) is 0 Å². The van der Waals surface area contributed by atoms with Crippen LogP contribution in [0, 0.1) is 12.0 Å². The van der Waals surface area contributed by atoms with E-state index in [0.717, 1.165) is 17.9 Å². The molecule has 1 rings (SSSR count). The zero-order chi connectivity index (χ0) is 10.6. The number of allylic oxidation sites excluding steroid dienone is 1. The molecule has 0 aromatic heterocycles. The minimum absolute atomic E-state index is 0.225. The quantitative estimate of drug-likeness (QED) is 0.691. The molecule has 14 heavy (non-hydrogen) atoms. The molecule has 0 heterocycles. The topological polar surface area (TPSA) is 0 Å². The Balaban J connectivity index is 2.68. The molecule has 0 amide bonds. The molecular formula is C13H16Cl. The highest BCUT2D eigenvalue weighted by Crippen LogP contribution is 2.26. The minimum atomic E-state index is 0.225. The van der Waals surface area contributed by atoms with Crippen molar-refractivity contribution in [2.45, 2.75) is 26.7 Å². The van der Waals surface area contributed by atoms with E-state index in [1.54, 1.807) is 6.08 Å². The Morgan fingerprint density at radius 2 is 1.86 bits per heavy atom. The normalized spacial score (nSPS) is 11.4. The fraction of sp³-hybridized carbons (Fsp3) is 0.385. The van der Waals surface area contributed by atoms with Crippen LogP contribution >= 0.6 is 11.6 Å². The first-order chi connectivity index (χ1) is 6.53. The average molecular weight is 208 g/mol. The second kappa shape index (κ2) is 4.65. The lowest BCUT2D eigenvalue weighted by Gasteiger charge is -2.22. The number of hydrogen-bond donors (Lipinski definition) is 0. The number of hydrogen-bond acceptors (Lipinski definition) is 0. The SMILES string of the molecule is [CH]=CCC(C)(C)Cc1ccc(Cl)cc1. The number of halogens is 1. The summed E-state index contributed by atoms with van der Waals surface area (Å²) in [7, 11) is 0. The predicted octanol–water partition coefficient (Wildman–Crippen LogP) is 4.29. The van der Waals surface area contributed by atoms with E-state index in [1.165, 1.54) is 5.56 Å². The summed E-state index contributed by atoms with van der Waals surface area (Å²) < 4.78 is 0. The molecule has 75 valence electrons. The summed E-state index contributed by atoms with van der Waals surface area (Å²) in [5.74, 6) is 0. The molecule has 1 aromatic carbocycles. The summed E-state index contributed by atoms with van der Waals surface area (Å²) in [5.41, 5.74) is 1.53. The van der Waals surface area contributed by atoms with Gasteiger partial charge in [-0.1, -0.05) is 50.2 Å². The molecule has 0 N–H and O–H groups in total. The molecule has 1 heteroatoms. The maximum atomic E-state index is 5.82. The van der Waals surface area contributed by atoms with Crippen LogP contribution in [0.15, 0.2) is 30.3 Å². The van der Waals surface area contributed by atoms with Crippen LogP contribution in [0.25, 0.3) is 0 Å². The number of rotatable bonds is 4. The first-order valence-corrected chi connectivity index (χ1v) is 5.19. The first kappa shape index (κ1) is 11.3. The monoisotopic (exact) mass is 207 g/mol. The van der Waals surface area contributed by atoms with Gasteiger partial charge < -0.3 is 0 Å². The van der Waals surface area contributed by atoms with Gasteiger partial charge in [0.05, 0.1) is 0 Å². The molecule has 0 aliphatic rings. The zero-order valence-electron chi connectivity index (χ0n) is 8.76. The highest BCUT2D eigenvalue weighted by atomic mass is 35.5. The molecule has 0 fully saturated rings. The molecule has 0 spiro atoms. The van der Waals surface area contributed by atoms with Gasteiger partial charge in [-0.2, -0.15) is 0 Å². The maximum absolute atomic E-state index is 5.82. The third-order valence-electron chi connectivity index (χ3n) is 2.27. The highest BCUT2D eigenvalue weighted by Gasteiger charge is 2.16. The summed E-state index contributed by atoms with van der Waals surface area (Å²) in [6, 6.07) is 8.00. The molecular weight excluding hydrogens is 192 g/mol. The Labute approximate surface area is 91.6 Å². The van der Waals surface area contributed by atoms with Crippen LogP contribution in [0.1, 0.15) is 25.8 Å². The standard InChI is InChI=1S/C13H16Cl/c1-4-9-13(2,3)10-11-5-7-12(14)8-6-11/h1,4-8H,9-10H2,2-3H3. The lowest BCUT2D eigenvalue weighted by molar-refractivity contribution is 0.369. The summed E-state index contributed by atoms with van der Waals surface area (Å²) in [6.07, 6.45) is 3.68. The Bertz CT molecular complexity index is 296. The van der Waals surface area contributed by atoms with Gasteiger partial charge in [-0.15, -0.1) is 0 Å². The Kier molecular flexibility index (Phi) is 3.77. The van der Waals surface area contributed by atoms with Crippen molar-refractivity contribution in [3.8, 4) is 0 Å². The van der Waals surface area contributed by atoms with Crippen molar-refractivity contribution in [1.82, 2.24) is 0 Å². The van der Waals surface area contributed by atoms with Crippen LogP contribution in [-0.2, 0) is 6.42 Å². The number of benzene rings is 1. The average Bonchev–Trinajstić information content (AvgIpc) is 2.08. The first-order valence-electron chi connectivity index (χ1n) is 4.81. The summed E-state index contributed by atoms with van der Waals surface area (Å²) in [4.78, 5) is 0. The van der Waals surface area contributed by atoms with Crippen LogP contribution in [0.4, 0.5) is 0 Å². The van der Waals surface area contributed by atoms with Gasteiger partial charge in [-0.05, 0) is 36.0 Å². The second-order valence-electron chi connectivity index (χ2n) is 4.41. The second-order valence-corrected chi connectivity index (χ2v) is 4.84. The van der Waals surface area contributed by atoms with Gasteiger partial charge in [0.25, 0.3) is 0 Å². The van der Waals surface area contributed by atoms with E-state index in [4.69, 9.17) is 18.2 Å². The van der Waals surface area contributed by atoms with Crippen LogP contribution in [-0.4, -0.2) is 0 Å². The van der Waals surface area contributed by atoms with Gasteiger partial charge in [0, 0.05) is 5.02 Å². The molecule has 0 bridgehead atoms. The van der Waals surface area contributed by atoms with Gasteiger partial charge in [0.2, 0.25) is 0 Å². The summed E-state index contributed by atoms with van der Waals surface area (Å²) >= 11 is 5.82. The van der Waals surface area contributed by atoms with E-state index in [9.17, 15) is 0 Å². The van der Waals surface area contributed by atoms with Crippen LogP contribution in [0.2, 0.25) is 5.02 Å². The van der Waals surface area contributed by atoms with Crippen molar-refractivity contribution < 1.29 is 0 Å².